The van der Waals surface area contributed by atoms with Crippen molar-refractivity contribution in [3.63, 3.8) is 0 Å². The van der Waals surface area contributed by atoms with E-state index >= 15 is 0 Å². The molecular formula is C19H18N4O3. The van der Waals surface area contributed by atoms with Gasteiger partial charge in [0.1, 0.15) is 5.75 Å². The highest BCUT2D eigenvalue weighted by Gasteiger charge is 2.55. The zero-order chi connectivity index (χ0) is 18.4. The maximum atomic E-state index is 13.0. The lowest BCUT2D eigenvalue weighted by atomic mass is 10.1. The Morgan fingerprint density at radius 1 is 0.962 bits per heavy atom. The van der Waals surface area contributed by atoms with Crippen molar-refractivity contribution in [2.75, 3.05) is 17.0 Å². The molecule has 0 spiro atoms. The molecule has 2 aliphatic heterocycles. The van der Waals surface area contributed by atoms with Crippen molar-refractivity contribution in [2.45, 2.75) is 25.9 Å². The van der Waals surface area contributed by atoms with Gasteiger partial charge in [0.15, 0.2) is 12.1 Å². The second-order valence-electron chi connectivity index (χ2n) is 6.42. The van der Waals surface area contributed by atoms with Crippen LogP contribution in [0.3, 0.4) is 0 Å². The highest BCUT2D eigenvalue weighted by molar-refractivity contribution is 6.26. The van der Waals surface area contributed by atoms with Crippen LogP contribution < -0.4 is 14.6 Å². The molecule has 0 unspecified atom stereocenters. The van der Waals surface area contributed by atoms with Crippen LogP contribution in [0.1, 0.15) is 11.1 Å². The Bertz CT molecular complexity index is 940. The summed E-state index contributed by atoms with van der Waals surface area (Å²) in [4.78, 5) is 27.0. The average Bonchev–Trinajstić information content (AvgIpc) is 3.18. The fraction of sp³-hybridized carbons (Fsp3) is 0.263. The van der Waals surface area contributed by atoms with Gasteiger partial charge in [-0.05, 0) is 49.2 Å². The summed E-state index contributed by atoms with van der Waals surface area (Å²) in [5.74, 6) is -0.132. The molecule has 0 aliphatic carbocycles. The number of aryl methyl sites for hydroxylation is 2. The number of hydrogen-bond donors (Lipinski definition) is 0. The van der Waals surface area contributed by atoms with Gasteiger partial charge in [-0.15, -0.1) is 0 Å². The third-order valence-electron chi connectivity index (χ3n) is 4.85. The largest absolute Gasteiger partial charge is 0.497 e. The first-order valence-corrected chi connectivity index (χ1v) is 8.30. The molecule has 0 radical (unpaired) electrons. The van der Waals surface area contributed by atoms with Crippen LogP contribution in [0.5, 0.6) is 5.75 Å². The predicted octanol–water partition coefficient (Wildman–Crippen LogP) is 2.81. The molecule has 132 valence electrons. The molecule has 2 amide bonds. The third kappa shape index (κ3) is 2.35. The summed E-state index contributed by atoms with van der Waals surface area (Å²) in [5.41, 5.74) is 3.46. The first-order valence-electron chi connectivity index (χ1n) is 8.30. The summed E-state index contributed by atoms with van der Waals surface area (Å²) in [5, 5.41) is 9.69. The molecule has 7 nitrogen and oxygen atoms in total. The molecule has 7 heteroatoms. The number of anilines is 2. The molecule has 2 aliphatic rings. The number of fused-ring (bicyclic) bond motifs is 1. The quantitative estimate of drug-likeness (QED) is 0.798. The van der Waals surface area contributed by atoms with E-state index < -0.39 is 12.1 Å². The van der Waals surface area contributed by atoms with Crippen LogP contribution in [0.15, 0.2) is 52.8 Å². The third-order valence-corrected chi connectivity index (χ3v) is 4.85. The second kappa shape index (κ2) is 5.94. The lowest BCUT2D eigenvalue weighted by Gasteiger charge is -2.21. The molecule has 0 aromatic heterocycles. The Hall–Kier alpha value is -3.22. The summed E-state index contributed by atoms with van der Waals surface area (Å²) in [6, 6.07) is 11.1. The number of nitrogens with zero attached hydrogens (tertiary/aromatic N) is 4. The monoisotopic (exact) mass is 350 g/mol. The number of amides is 2. The molecule has 0 N–H and O–H groups in total. The maximum absolute atomic E-state index is 13.0. The van der Waals surface area contributed by atoms with E-state index in [1.807, 2.05) is 32.0 Å². The van der Waals surface area contributed by atoms with Gasteiger partial charge in [-0.1, -0.05) is 17.4 Å². The Labute approximate surface area is 150 Å². The fourth-order valence-corrected chi connectivity index (χ4v) is 3.25. The molecule has 2 aromatic rings. The Morgan fingerprint density at radius 3 is 2.50 bits per heavy atom. The molecule has 1 fully saturated rings. The summed E-state index contributed by atoms with van der Waals surface area (Å²) >= 11 is 0. The number of methoxy groups -OCH3 is 1. The second-order valence-corrected chi connectivity index (χ2v) is 6.42. The highest BCUT2D eigenvalue weighted by Crippen LogP contribution is 2.36. The first kappa shape index (κ1) is 16.3. The van der Waals surface area contributed by atoms with Crippen LogP contribution >= 0.6 is 0 Å². The number of carbonyl (C=O) groups is 2. The van der Waals surface area contributed by atoms with E-state index in [1.165, 1.54) is 17.0 Å². The number of benzene rings is 2. The standard InChI is InChI=1S/C19H18N4O3/c1-11-7-8-14(9-12(11)2)23-17-16(20-21-23)18(24)22(19(17)25)13-5-4-6-15(10-13)26-3/h4-10,16-17H,1-3H3/t16-,17+/m1/s1. The van der Waals surface area contributed by atoms with Gasteiger partial charge >= 0.3 is 0 Å². The van der Waals surface area contributed by atoms with E-state index in [0.717, 1.165) is 16.8 Å². The van der Waals surface area contributed by atoms with E-state index in [9.17, 15) is 9.59 Å². The van der Waals surface area contributed by atoms with Gasteiger partial charge in [-0.2, -0.15) is 5.11 Å². The SMILES string of the molecule is COc1cccc(N2C(=O)[C@@H]3[C@@H](N=NN3c3ccc(C)c(C)c3)C2=O)c1. The van der Waals surface area contributed by atoms with Crippen LogP contribution in [-0.2, 0) is 9.59 Å². The van der Waals surface area contributed by atoms with Crippen LogP contribution in [-0.4, -0.2) is 31.0 Å². The highest BCUT2D eigenvalue weighted by atomic mass is 16.5. The van der Waals surface area contributed by atoms with Crippen molar-refractivity contribution < 1.29 is 14.3 Å². The average molecular weight is 350 g/mol. The summed E-state index contributed by atoms with van der Waals surface area (Å²) < 4.78 is 5.19. The van der Waals surface area contributed by atoms with E-state index in [1.54, 1.807) is 24.3 Å². The molecular weight excluding hydrogens is 332 g/mol. The zero-order valence-corrected chi connectivity index (χ0v) is 14.7. The molecule has 0 bridgehead atoms. The minimum absolute atomic E-state index is 0.337. The van der Waals surface area contributed by atoms with Gasteiger partial charge in [0.2, 0.25) is 0 Å². The molecule has 1 saturated heterocycles. The van der Waals surface area contributed by atoms with Gasteiger partial charge in [0, 0.05) is 6.07 Å². The van der Waals surface area contributed by atoms with Crippen LogP contribution in [0.25, 0.3) is 0 Å². The van der Waals surface area contributed by atoms with E-state index in [-0.39, 0.29) is 11.8 Å². The van der Waals surface area contributed by atoms with E-state index in [2.05, 4.69) is 10.3 Å². The fourth-order valence-electron chi connectivity index (χ4n) is 3.25. The number of hydrogen-bond acceptors (Lipinski definition) is 6. The maximum Gasteiger partial charge on any atom is 0.263 e. The zero-order valence-electron chi connectivity index (χ0n) is 14.7. The molecule has 26 heavy (non-hydrogen) atoms. The predicted molar refractivity (Wildman–Crippen MR) is 96.3 cm³/mol. The number of carbonyl (C=O) groups excluding carboxylic acids is 2. The Morgan fingerprint density at radius 2 is 1.77 bits per heavy atom. The smallest absolute Gasteiger partial charge is 0.263 e. The van der Waals surface area contributed by atoms with Gasteiger partial charge in [-0.3, -0.25) is 9.59 Å². The summed E-state index contributed by atoms with van der Waals surface area (Å²) in [7, 11) is 1.54. The van der Waals surface area contributed by atoms with E-state index in [4.69, 9.17) is 4.74 Å². The lowest BCUT2D eigenvalue weighted by molar-refractivity contribution is -0.121. The van der Waals surface area contributed by atoms with Crippen LogP contribution in [0, 0.1) is 13.8 Å². The van der Waals surface area contributed by atoms with Crippen molar-refractivity contribution in [2.24, 2.45) is 10.3 Å². The lowest BCUT2D eigenvalue weighted by Crippen LogP contribution is -2.40. The number of imide groups is 1. The summed E-state index contributed by atoms with van der Waals surface area (Å²) in [6.45, 7) is 4.01. The normalized spacial score (nSPS) is 21.5. The van der Waals surface area contributed by atoms with Crippen molar-refractivity contribution in [3.05, 3.63) is 53.6 Å². The molecule has 2 aromatic carbocycles. The van der Waals surface area contributed by atoms with Gasteiger partial charge < -0.3 is 4.74 Å². The van der Waals surface area contributed by atoms with Crippen LogP contribution in [0.4, 0.5) is 11.4 Å². The first-order chi connectivity index (χ1) is 12.5. The molecule has 0 saturated carbocycles. The van der Waals surface area contributed by atoms with E-state index in [0.29, 0.717) is 11.4 Å². The Kier molecular flexibility index (Phi) is 3.72. The minimum atomic E-state index is -0.824. The van der Waals surface area contributed by atoms with Crippen molar-refractivity contribution >= 4 is 23.2 Å². The van der Waals surface area contributed by atoms with Gasteiger partial charge in [0.25, 0.3) is 11.8 Å². The number of rotatable bonds is 3. The molecule has 4 rings (SSSR count). The molecule has 2 atom stereocenters. The van der Waals surface area contributed by atoms with Crippen molar-refractivity contribution in [3.8, 4) is 5.75 Å². The minimum Gasteiger partial charge on any atom is -0.497 e. The van der Waals surface area contributed by atoms with Crippen LogP contribution in [0.2, 0.25) is 0 Å². The van der Waals surface area contributed by atoms with Crippen molar-refractivity contribution in [1.29, 1.82) is 0 Å². The van der Waals surface area contributed by atoms with Crippen molar-refractivity contribution in [1.82, 2.24) is 0 Å². The molecule has 2 heterocycles. The van der Waals surface area contributed by atoms with Gasteiger partial charge in [-0.25, -0.2) is 9.91 Å². The Balaban J connectivity index is 1.70. The summed E-state index contributed by atoms with van der Waals surface area (Å²) in [6.07, 6.45) is 0. The van der Waals surface area contributed by atoms with Gasteiger partial charge in [0.05, 0.1) is 18.5 Å². The number of ether oxygens (including phenoxy) is 1. The topological polar surface area (TPSA) is 74.6 Å².